The highest BCUT2D eigenvalue weighted by Crippen LogP contribution is 2.34. The van der Waals surface area contributed by atoms with Crippen LogP contribution in [0.2, 0.25) is 5.02 Å². The van der Waals surface area contributed by atoms with Crippen molar-refractivity contribution in [3.63, 3.8) is 0 Å². The minimum absolute atomic E-state index is 0.686. The number of benzene rings is 1. The summed E-state index contributed by atoms with van der Waals surface area (Å²) in [5.74, 6) is 0.703. The second-order valence-electron chi connectivity index (χ2n) is 3.78. The molecule has 1 aromatic heterocycles. The van der Waals surface area contributed by atoms with Crippen LogP contribution in [0.15, 0.2) is 35.1 Å². The van der Waals surface area contributed by atoms with E-state index in [4.69, 9.17) is 16.3 Å². The maximum Gasteiger partial charge on any atom is 0.143 e. The van der Waals surface area contributed by atoms with Crippen LogP contribution in [-0.2, 0) is 0 Å². The molecule has 0 amide bonds. The van der Waals surface area contributed by atoms with E-state index in [1.807, 2.05) is 19.1 Å². The zero-order valence-corrected chi connectivity index (χ0v) is 12.3. The molecule has 0 aliphatic carbocycles. The fourth-order valence-corrected chi connectivity index (χ4v) is 2.05. The Morgan fingerprint density at radius 3 is 2.78 bits per heavy atom. The van der Waals surface area contributed by atoms with Gasteiger partial charge in [-0.05, 0) is 40.5 Å². The minimum Gasteiger partial charge on any atom is -0.495 e. The van der Waals surface area contributed by atoms with Gasteiger partial charge in [0.2, 0.25) is 0 Å². The number of methoxy groups -OCH3 is 1. The monoisotopic (exact) mass is 326 g/mol. The molecule has 0 bridgehead atoms. The van der Waals surface area contributed by atoms with Crippen molar-refractivity contribution in [2.75, 3.05) is 12.4 Å². The number of rotatable bonds is 3. The molecular weight excluding hydrogens is 316 g/mol. The van der Waals surface area contributed by atoms with E-state index in [-0.39, 0.29) is 0 Å². The van der Waals surface area contributed by atoms with E-state index in [1.54, 1.807) is 25.6 Å². The van der Waals surface area contributed by atoms with Crippen molar-refractivity contribution in [2.45, 2.75) is 6.92 Å². The van der Waals surface area contributed by atoms with Gasteiger partial charge in [0.1, 0.15) is 5.75 Å². The Kier molecular flexibility index (Phi) is 4.09. The van der Waals surface area contributed by atoms with Crippen LogP contribution in [0.5, 0.6) is 5.75 Å². The maximum absolute atomic E-state index is 6.07. The SMILES string of the molecule is COc1cc(Cl)c(C)cc1Nc1ccncc1Br. The number of hydrogen-bond acceptors (Lipinski definition) is 3. The molecule has 0 aliphatic heterocycles. The summed E-state index contributed by atoms with van der Waals surface area (Å²) in [7, 11) is 1.62. The number of aromatic nitrogens is 1. The van der Waals surface area contributed by atoms with E-state index >= 15 is 0 Å². The summed E-state index contributed by atoms with van der Waals surface area (Å²) in [6.07, 6.45) is 3.46. The number of anilines is 2. The van der Waals surface area contributed by atoms with Gasteiger partial charge in [0.15, 0.2) is 0 Å². The fourth-order valence-electron chi connectivity index (χ4n) is 1.55. The number of aryl methyl sites for hydroxylation is 1. The molecule has 94 valence electrons. The molecule has 2 aromatic rings. The Bertz CT molecular complexity index is 575. The second kappa shape index (κ2) is 5.59. The van der Waals surface area contributed by atoms with E-state index in [0.29, 0.717) is 10.8 Å². The Morgan fingerprint density at radius 1 is 1.33 bits per heavy atom. The van der Waals surface area contributed by atoms with Gasteiger partial charge in [-0.25, -0.2) is 0 Å². The molecule has 1 aromatic carbocycles. The average molecular weight is 328 g/mol. The number of nitrogens with one attached hydrogen (secondary N) is 1. The Balaban J connectivity index is 2.40. The first-order chi connectivity index (χ1) is 8.61. The van der Waals surface area contributed by atoms with Crippen LogP contribution in [0.25, 0.3) is 0 Å². The van der Waals surface area contributed by atoms with Gasteiger partial charge in [0.25, 0.3) is 0 Å². The second-order valence-corrected chi connectivity index (χ2v) is 5.04. The normalized spacial score (nSPS) is 10.2. The van der Waals surface area contributed by atoms with Crippen molar-refractivity contribution in [3.05, 3.63) is 45.7 Å². The molecule has 18 heavy (non-hydrogen) atoms. The van der Waals surface area contributed by atoms with Crippen LogP contribution in [0.1, 0.15) is 5.56 Å². The van der Waals surface area contributed by atoms with Crippen LogP contribution < -0.4 is 10.1 Å². The van der Waals surface area contributed by atoms with E-state index in [0.717, 1.165) is 21.4 Å². The first-order valence-corrected chi connectivity index (χ1v) is 6.49. The lowest BCUT2D eigenvalue weighted by atomic mass is 10.2. The van der Waals surface area contributed by atoms with Crippen LogP contribution in [-0.4, -0.2) is 12.1 Å². The van der Waals surface area contributed by atoms with Crippen LogP contribution >= 0.6 is 27.5 Å². The Hall–Kier alpha value is -1.26. The number of hydrogen-bond donors (Lipinski definition) is 1. The molecule has 0 unspecified atom stereocenters. The largest absolute Gasteiger partial charge is 0.495 e. The van der Waals surface area contributed by atoms with Gasteiger partial charge in [-0.3, -0.25) is 4.98 Å². The van der Waals surface area contributed by atoms with Gasteiger partial charge in [0, 0.05) is 23.5 Å². The molecule has 2 rings (SSSR count). The summed E-state index contributed by atoms with van der Waals surface area (Å²) in [4.78, 5) is 4.02. The number of ether oxygens (including phenoxy) is 1. The summed E-state index contributed by atoms with van der Waals surface area (Å²) >= 11 is 9.51. The molecule has 0 aliphatic rings. The fraction of sp³-hybridized carbons (Fsp3) is 0.154. The van der Waals surface area contributed by atoms with E-state index < -0.39 is 0 Å². The zero-order chi connectivity index (χ0) is 13.1. The van der Waals surface area contributed by atoms with Gasteiger partial charge in [-0.1, -0.05) is 11.6 Å². The molecule has 0 atom stereocenters. The summed E-state index contributed by atoms with van der Waals surface area (Å²) in [6.45, 7) is 1.95. The maximum atomic E-state index is 6.07. The first-order valence-electron chi connectivity index (χ1n) is 5.32. The van der Waals surface area contributed by atoms with Crippen molar-refractivity contribution in [2.24, 2.45) is 0 Å². The zero-order valence-electron chi connectivity index (χ0n) is 10.00. The third kappa shape index (κ3) is 2.76. The minimum atomic E-state index is 0.686. The van der Waals surface area contributed by atoms with Crippen molar-refractivity contribution < 1.29 is 4.74 Å². The van der Waals surface area contributed by atoms with E-state index in [1.165, 1.54) is 0 Å². The molecule has 0 spiro atoms. The quantitative estimate of drug-likeness (QED) is 0.897. The lowest BCUT2D eigenvalue weighted by Crippen LogP contribution is -1.96. The summed E-state index contributed by atoms with van der Waals surface area (Å²) in [5, 5.41) is 3.98. The van der Waals surface area contributed by atoms with Gasteiger partial charge in [-0.2, -0.15) is 0 Å². The molecule has 3 nitrogen and oxygen atoms in total. The number of nitrogens with zero attached hydrogens (tertiary/aromatic N) is 1. The summed E-state index contributed by atoms with van der Waals surface area (Å²) < 4.78 is 6.20. The lowest BCUT2D eigenvalue weighted by molar-refractivity contribution is 0.417. The molecule has 0 fully saturated rings. The van der Waals surface area contributed by atoms with Gasteiger partial charge in [-0.15, -0.1) is 0 Å². The van der Waals surface area contributed by atoms with Crippen LogP contribution in [0, 0.1) is 6.92 Å². The number of pyridine rings is 1. The van der Waals surface area contributed by atoms with Crippen molar-refractivity contribution in [1.82, 2.24) is 4.98 Å². The van der Waals surface area contributed by atoms with Crippen molar-refractivity contribution >= 4 is 38.9 Å². The standard InChI is InChI=1S/C13H12BrClN2O/c1-8-5-12(13(18-2)6-10(8)15)17-11-3-4-16-7-9(11)14/h3-7H,1-2H3,(H,16,17). The molecule has 1 heterocycles. The highest BCUT2D eigenvalue weighted by atomic mass is 79.9. The highest BCUT2D eigenvalue weighted by Gasteiger charge is 2.08. The van der Waals surface area contributed by atoms with Gasteiger partial charge in [0.05, 0.1) is 23.0 Å². The lowest BCUT2D eigenvalue weighted by Gasteiger charge is -2.13. The van der Waals surface area contributed by atoms with Gasteiger partial charge >= 0.3 is 0 Å². The molecule has 0 saturated heterocycles. The highest BCUT2D eigenvalue weighted by molar-refractivity contribution is 9.10. The summed E-state index contributed by atoms with van der Waals surface area (Å²) in [6, 6.07) is 5.63. The molecule has 1 N–H and O–H groups in total. The topological polar surface area (TPSA) is 34.1 Å². The predicted molar refractivity (Wildman–Crippen MR) is 78.0 cm³/mol. The molecular formula is C13H12BrClN2O. The third-order valence-corrected chi connectivity index (χ3v) is 3.56. The Morgan fingerprint density at radius 2 is 2.11 bits per heavy atom. The van der Waals surface area contributed by atoms with Gasteiger partial charge < -0.3 is 10.1 Å². The van der Waals surface area contributed by atoms with E-state index in [9.17, 15) is 0 Å². The van der Waals surface area contributed by atoms with Crippen molar-refractivity contribution in [3.8, 4) is 5.75 Å². The average Bonchev–Trinajstić information content (AvgIpc) is 2.36. The Labute approximate surface area is 119 Å². The smallest absolute Gasteiger partial charge is 0.143 e. The van der Waals surface area contributed by atoms with Crippen LogP contribution in [0.3, 0.4) is 0 Å². The molecule has 5 heteroatoms. The molecule has 0 saturated carbocycles. The predicted octanol–water partition coefficient (Wildman–Crippen LogP) is 4.56. The summed E-state index contributed by atoms with van der Waals surface area (Å²) in [5.41, 5.74) is 2.78. The van der Waals surface area contributed by atoms with Crippen molar-refractivity contribution in [1.29, 1.82) is 0 Å². The third-order valence-electron chi connectivity index (χ3n) is 2.52. The molecule has 0 radical (unpaired) electrons. The van der Waals surface area contributed by atoms with Crippen LogP contribution in [0.4, 0.5) is 11.4 Å². The first kappa shape index (κ1) is 13.2. The number of halogens is 2. The van der Waals surface area contributed by atoms with E-state index in [2.05, 4.69) is 26.2 Å².